The first-order valence-corrected chi connectivity index (χ1v) is 5.34. The lowest BCUT2D eigenvalue weighted by atomic mass is 10.1. The van der Waals surface area contributed by atoms with Gasteiger partial charge in [0.1, 0.15) is 5.15 Å². The van der Waals surface area contributed by atoms with Crippen LogP contribution in [0.25, 0.3) is 0 Å². The normalized spacial score (nSPS) is 11.3. The second-order valence-electron chi connectivity index (χ2n) is 4.53. The quantitative estimate of drug-likeness (QED) is 0.562. The van der Waals surface area contributed by atoms with E-state index in [4.69, 9.17) is 17.0 Å². The fourth-order valence-electron chi connectivity index (χ4n) is 1.33. The Morgan fingerprint density at radius 3 is 2.62 bits per heavy atom. The molecule has 5 heteroatoms. The number of rotatable bonds is 3. The van der Waals surface area contributed by atoms with Gasteiger partial charge in [-0.25, -0.2) is 4.98 Å². The average molecular weight is 242 g/mol. The Kier molecular flexibility index (Phi) is 3.88. The second kappa shape index (κ2) is 4.80. The van der Waals surface area contributed by atoms with E-state index in [2.05, 4.69) is 10.3 Å². The van der Waals surface area contributed by atoms with Crippen LogP contribution in [0.4, 0.5) is 5.69 Å². The number of nitrogens with one attached hydrogen (secondary N) is 2. The van der Waals surface area contributed by atoms with E-state index in [0.717, 1.165) is 0 Å². The summed E-state index contributed by atoms with van der Waals surface area (Å²) in [5.74, 6) is 0. The van der Waals surface area contributed by atoms with Gasteiger partial charge in [0.15, 0.2) is 0 Å². The molecule has 3 N–H and O–H groups in total. The first-order chi connectivity index (χ1) is 7.37. The first-order valence-electron chi connectivity index (χ1n) is 4.96. The molecule has 0 fully saturated rings. The molecule has 88 valence electrons. The van der Waals surface area contributed by atoms with Crippen molar-refractivity contribution in [1.29, 1.82) is 5.41 Å². The number of anilines is 1. The van der Waals surface area contributed by atoms with Crippen LogP contribution >= 0.6 is 11.6 Å². The van der Waals surface area contributed by atoms with Crippen LogP contribution in [0.15, 0.2) is 6.07 Å². The zero-order chi connectivity index (χ0) is 12.3. The topological polar surface area (TPSA) is 69.0 Å². The van der Waals surface area contributed by atoms with E-state index in [1.165, 1.54) is 6.21 Å². The van der Waals surface area contributed by atoms with Gasteiger partial charge in [0.05, 0.1) is 18.0 Å². The van der Waals surface area contributed by atoms with Crippen LogP contribution in [0.3, 0.4) is 0 Å². The highest BCUT2D eigenvalue weighted by atomic mass is 35.5. The Balaban J connectivity index is 3.27. The average Bonchev–Trinajstić information content (AvgIpc) is 2.18. The Morgan fingerprint density at radius 2 is 2.19 bits per heavy atom. The lowest BCUT2D eigenvalue weighted by Crippen LogP contribution is -2.28. The highest BCUT2D eigenvalue weighted by Crippen LogP contribution is 2.25. The fourth-order valence-corrected chi connectivity index (χ4v) is 1.55. The van der Waals surface area contributed by atoms with Gasteiger partial charge < -0.3 is 15.8 Å². The molecule has 0 aliphatic heterocycles. The van der Waals surface area contributed by atoms with Crippen LogP contribution < -0.4 is 5.32 Å². The summed E-state index contributed by atoms with van der Waals surface area (Å²) < 4.78 is 0. The van der Waals surface area contributed by atoms with Crippen molar-refractivity contribution in [3.8, 4) is 0 Å². The maximum atomic E-state index is 9.22. The summed E-state index contributed by atoms with van der Waals surface area (Å²) in [4.78, 5) is 4.03. The van der Waals surface area contributed by atoms with Gasteiger partial charge in [-0.3, -0.25) is 0 Å². The number of halogens is 1. The zero-order valence-electron chi connectivity index (χ0n) is 9.63. The molecule has 1 aromatic rings. The molecule has 0 amide bonds. The van der Waals surface area contributed by atoms with Gasteiger partial charge in [-0.15, -0.1) is 0 Å². The fraction of sp³-hybridized carbons (Fsp3) is 0.455. The molecule has 0 saturated carbocycles. The van der Waals surface area contributed by atoms with Crippen molar-refractivity contribution >= 4 is 23.5 Å². The maximum absolute atomic E-state index is 9.22. The predicted molar refractivity (Wildman–Crippen MR) is 66.4 cm³/mol. The van der Waals surface area contributed by atoms with Crippen molar-refractivity contribution in [3.05, 3.63) is 22.5 Å². The van der Waals surface area contributed by atoms with Crippen LogP contribution in [0.2, 0.25) is 5.15 Å². The zero-order valence-corrected chi connectivity index (χ0v) is 10.4. The predicted octanol–water partition coefficient (Wildman–Crippen LogP) is 2.44. The van der Waals surface area contributed by atoms with E-state index >= 15 is 0 Å². The monoisotopic (exact) mass is 241 g/mol. The SMILES string of the molecule is CC(C)(C)Nc1c(C=N)cc(Cl)nc1CO. The van der Waals surface area contributed by atoms with Gasteiger partial charge in [-0.05, 0) is 26.8 Å². The molecule has 0 aliphatic rings. The molecule has 0 aliphatic carbocycles. The van der Waals surface area contributed by atoms with Crippen molar-refractivity contribution in [2.24, 2.45) is 0 Å². The molecule has 0 saturated heterocycles. The first kappa shape index (κ1) is 12.9. The van der Waals surface area contributed by atoms with Gasteiger partial charge in [0.2, 0.25) is 0 Å². The van der Waals surface area contributed by atoms with E-state index in [1.807, 2.05) is 20.8 Å². The number of aliphatic hydroxyl groups is 1. The molecule has 0 atom stereocenters. The molecule has 0 unspecified atom stereocenters. The number of hydrogen-bond donors (Lipinski definition) is 3. The summed E-state index contributed by atoms with van der Waals surface area (Å²) >= 11 is 5.80. The summed E-state index contributed by atoms with van der Waals surface area (Å²) in [6.45, 7) is 5.78. The summed E-state index contributed by atoms with van der Waals surface area (Å²) in [7, 11) is 0. The highest BCUT2D eigenvalue weighted by molar-refractivity contribution is 6.29. The van der Waals surface area contributed by atoms with Crippen molar-refractivity contribution in [3.63, 3.8) is 0 Å². The number of hydrogen-bond acceptors (Lipinski definition) is 4. The van der Waals surface area contributed by atoms with Crippen molar-refractivity contribution in [2.75, 3.05) is 5.32 Å². The lowest BCUT2D eigenvalue weighted by molar-refractivity contribution is 0.277. The Hall–Kier alpha value is -1.13. The Labute approximate surface area is 100 Å². The number of aliphatic hydroxyl groups excluding tert-OH is 1. The number of pyridine rings is 1. The van der Waals surface area contributed by atoms with Gasteiger partial charge >= 0.3 is 0 Å². The van der Waals surface area contributed by atoms with Crippen LogP contribution in [-0.2, 0) is 6.61 Å². The third-order valence-corrected chi connectivity index (χ3v) is 2.09. The van der Waals surface area contributed by atoms with Gasteiger partial charge in [0, 0.05) is 17.3 Å². The summed E-state index contributed by atoms with van der Waals surface area (Å²) in [6, 6.07) is 1.60. The lowest BCUT2D eigenvalue weighted by Gasteiger charge is -2.24. The minimum atomic E-state index is -0.209. The molecule has 0 radical (unpaired) electrons. The summed E-state index contributed by atoms with van der Waals surface area (Å²) in [5, 5.41) is 20.0. The minimum Gasteiger partial charge on any atom is -0.390 e. The second-order valence-corrected chi connectivity index (χ2v) is 4.92. The van der Waals surface area contributed by atoms with Crippen LogP contribution in [0, 0.1) is 5.41 Å². The van der Waals surface area contributed by atoms with Crippen molar-refractivity contribution in [1.82, 2.24) is 4.98 Å². The smallest absolute Gasteiger partial charge is 0.130 e. The molecule has 0 aromatic carbocycles. The van der Waals surface area contributed by atoms with E-state index in [1.54, 1.807) is 6.07 Å². The van der Waals surface area contributed by atoms with Crippen LogP contribution in [0.1, 0.15) is 32.0 Å². The van der Waals surface area contributed by atoms with Gasteiger partial charge in [0.25, 0.3) is 0 Å². The number of aromatic nitrogens is 1. The third kappa shape index (κ3) is 3.18. The summed E-state index contributed by atoms with van der Waals surface area (Å²) in [6.07, 6.45) is 1.20. The molecular weight excluding hydrogens is 226 g/mol. The standard InChI is InChI=1S/C11H16ClN3O/c1-11(2,3)15-10-7(5-13)4-9(12)14-8(10)6-16/h4-5,13,15-16H,6H2,1-3H3. The molecule has 1 heterocycles. The molecule has 4 nitrogen and oxygen atoms in total. The van der Waals surface area contributed by atoms with Crippen molar-refractivity contribution in [2.45, 2.75) is 32.9 Å². The highest BCUT2D eigenvalue weighted by Gasteiger charge is 2.16. The maximum Gasteiger partial charge on any atom is 0.130 e. The summed E-state index contributed by atoms with van der Waals surface area (Å²) in [5.41, 5.74) is 1.58. The Bertz CT molecular complexity index is 399. The van der Waals surface area contributed by atoms with E-state index in [9.17, 15) is 5.11 Å². The molecule has 1 aromatic heterocycles. The molecule has 16 heavy (non-hydrogen) atoms. The third-order valence-electron chi connectivity index (χ3n) is 1.90. The van der Waals surface area contributed by atoms with E-state index in [0.29, 0.717) is 16.9 Å². The Morgan fingerprint density at radius 1 is 1.56 bits per heavy atom. The van der Waals surface area contributed by atoms with Crippen LogP contribution in [0.5, 0.6) is 0 Å². The molecule has 0 bridgehead atoms. The van der Waals surface area contributed by atoms with E-state index < -0.39 is 0 Å². The van der Waals surface area contributed by atoms with Gasteiger partial charge in [-0.2, -0.15) is 0 Å². The largest absolute Gasteiger partial charge is 0.390 e. The molecule has 1 rings (SSSR count). The van der Waals surface area contributed by atoms with E-state index in [-0.39, 0.29) is 17.3 Å². The van der Waals surface area contributed by atoms with Crippen LogP contribution in [-0.4, -0.2) is 21.8 Å². The molecule has 0 spiro atoms. The van der Waals surface area contributed by atoms with Crippen molar-refractivity contribution < 1.29 is 5.11 Å². The van der Waals surface area contributed by atoms with Gasteiger partial charge in [-0.1, -0.05) is 11.6 Å². The molecular formula is C11H16ClN3O. The minimum absolute atomic E-state index is 0.169. The number of nitrogens with zero attached hydrogens (tertiary/aromatic N) is 1.